The lowest BCUT2D eigenvalue weighted by Gasteiger charge is -2.13. The molecule has 2 aromatic rings. The molecule has 0 spiro atoms. The zero-order valence-electron chi connectivity index (χ0n) is 12.1. The fourth-order valence-electron chi connectivity index (χ4n) is 2.06. The van der Waals surface area contributed by atoms with Gasteiger partial charge in [-0.3, -0.25) is 0 Å². The monoisotopic (exact) mass is 271 g/mol. The average Bonchev–Trinajstić information content (AvgIpc) is 2.50. The van der Waals surface area contributed by atoms with Gasteiger partial charge in [0.15, 0.2) is 0 Å². The van der Waals surface area contributed by atoms with Crippen molar-refractivity contribution in [2.45, 2.75) is 13.0 Å². The number of ether oxygens (including phenoxy) is 2. The van der Waals surface area contributed by atoms with Crippen LogP contribution in [0, 0.1) is 0 Å². The first-order valence-electron chi connectivity index (χ1n) is 6.81. The van der Waals surface area contributed by atoms with Crippen molar-refractivity contribution in [1.29, 1.82) is 0 Å². The van der Waals surface area contributed by atoms with E-state index in [0.29, 0.717) is 6.61 Å². The quantitative estimate of drug-likeness (QED) is 0.839. The van der Waals surface area contributed by atoms with Gasteiger partial charge in [0.2, 0.25) is 0 Å². The van der Waals surface area contributed by atoms with E-state index in [1.807, 2.05) is 43.4 Å². The Labute approximate surface area is 120 Å². The fourth-order valence-corrected chi connectivity index (χ4v) is 2.06. The third kappa shape index (κ3) is 4.00. The number of hydrogen-bond donors (Lipinski definition) is 1. The summed E-state index contributed by atoms with van der Waals surface area (Å²) in [5.74, 6) is 1.70. The SMILES string of the molecule is CNCc1ccc(OC)cc1OCCc1ccccc1. The lowest BCUT2D eigenvalue weighted by Crippen LogP contribution is -2.09. The highest BCUT2D eigenvalue weighted by atomic mass is 16.5. The van der Waals surface area contributed by atoms with E-state index in [9.17, 15) is 0 Å². The Kier molecular flexibility index (Phi) is 5.44. The second-order valence-corrected chi connectivity index (χ2v) is 4.59. The Hall–Kier alpha value is -2.00. The van der Waals surface area contributed by atoms with Crippen molar-refractivity contribution in [3.8, 4) is 11.5 Å². The second kappa shape index (κ2) is 7.56. The molecule has 3 heteroatoms. The van der Waals surface area contributed by atoms with Gasteiger partial charge in [0.05, 0.1) is 13.7 Å². The summed E-state index contributed by atoms with van der Waals surface area (Å²) in [6.45, 7) is 1.44. The molecule has 1 N–H and O–H groups in total. The topological polar surface area (TPSA) is 30.5 Å². The standard InChI is InChI=1S/C17H21NO2/c1-18-13-15-8-9-16(19-2)12-17(15)20-11-10-14-6-4-3-5-7-14/h3-9,12,18H,10-11,13H2,1-2H3. The lowest BCUT2D eigenvalue weighted by molar-refractivity contribution is 0.315. The van der Waals surface area contributed by atoms with Gasteiger partial charge < -0.3 is 14.8 Å². The van der Waals surface area contributed by atoms with Crippen molar-refractivity contribution in [2.24, 2.45) is 0 Å². The van der Waals surface area contributed by atoms with Gasteiger partial charge in [-0.05, 0) is 18.7 Å². The van der Waals surface area contributed by atoms with Crippen LogP contribution in [0.25, 0.3) is 0 Å². The number of hydrogen-bond acceptors (Lipinski definition) is 3. The smallest absolute Gasteiger partial charge is 0.127 e. The third-order valence-corrected chi connectivity index (χ3v) is 3.13. The van der Waals surface area contributed by atoms with Crippen LogP contribution in [0.4, 0.5) is 0 Å². The number of methoxy groups -OCH3 is 1. The van der Waals surface area contributed by atoms with Crippen LogP contribution in [0.3, 0.4) is 0 Å². The molecule has 2 aromatic carbocycles. The molecule has 0 saturated heterocycles. The summed E-state index contributed by atoms with van der Waals surface area (Å²) in [6.07, 6.45) is 0.900. The molecule has 0 bridgehead atoms. The van der Waals surface area contributed by atoms with Crippen LogP contribution < -0.4 is 14.8 Å². The van der Waals surface area contributed by atoms with E-state index in [-0.39, 0.29) is 0 Å². The Morgan fingerprint density at radius 2 is 1.85 bits per heavy atom. The van der Waals surface area contributed by atoms with Crippen molar-refractivity contribution in [2.75, 3.05) is 20.8 Å². The molecular weight excluding hydrogens is 250 g/mol. The molecule has 0 aromatic heterocycles. The summed E-state index contributed by atoms with van der Waals surface area (Å²) in [6, 6.07) is 16.3. The summed E-state index contributed by atoms with van der Waals surface area (Å²) in [7, 11) is 3.60. The van der Waals surface area contributed by atoms with Gasteiger partial charge >= 0.3 is 0 Å². The zero-order chi connectivity index (χ0) is 14.2. The molecule has 106 valence electrons. The van der Waals surface area contributed by atoms with Crippen LogP contribution in [-0.2, 0) is 13.0 Å². The summed E-state index contributed by atoms with van der Waals surface area (Å²) < 4.78 is 11.2. The highest BCUT2D eigenvalue weighted by molar-refractivity contribution is 5.40. The maximum Gasteiger partial charge on any atom is 0.127 e. The van der Waals surface area contributed by atoms with Gasteiger partial charge in [0, 0.05) is 24.6 Å². The maximum absolute atomic E-state index is 5.92. The Morgan fingerprint density at radius 1 is 1.05 bits per heavy atom. The third-order valence-electron chi connectivity index (χ3n) is 3.13. The van der Waals surface area contributed by atoms with Crippen molar-refractivity contribution in [3.63, 3.8) is 0 Å². The predicted molar refractivity (Wildman–Crippen MR) is 81.4 cm³/mol. The molecule has 0 aliphatic heterocycles. The van der Waals surface area contributed by atoms with E-state index in [1.54, 1.807) is 7.11 Å². The number of rotatable bonds is 7. The van der Waals surface area contributed by atoms with E-state index >= 15 is 0 Å². The van der Waals surface area contributed by atoms with Gasteiger partial charge in [-0.25, -0.2) is 0 Å². The van der Waals surface area contributed by atoms with E-state index < -0.39 is 0 Å². The zero-order valence-corrected chi connectivity index (χ0v) is 12.1. The van der Waals surface area contributed by atoms with Crippen molar-refractivity contribution in [3.05, 3.63) is 59.7 Å². The molecule has 0 amide bonds. The minimum Gasteiger partial charge on any atom is -0.497 e. The Bertz CT molecular complexity index is 526. The Morgan fingerprint density at radius 3 is 2.55 bits per heavy atom. The normalized spacial score (nSPS) is 10.3. The van der Waals surface area contributed by atoms with Gasteiger partial charge in [0.1, 0.15) is 11.5 Å². The summed E-state index contributed by atoms with van der Waals surface area (Å²) in [5.41, 5.74) is 2.42. The van der Waals surface area contributed by atoms with Gasteiger partial charge in [0.25, 0.3) is 0 Å². The van der Waals surface area contributed by atoms with Crippen LogP contribution in [0.2, 0.25) is 0 Å². The van der Waals surface area contributed by atoms with Gasteiger partial charge in [-0.1, -0.05) is 36.4 Å². The van der Waals surface area contributed by atoms with E-state index in [1.165, 1.54) is 5.56 Å². The van der Waals surface area contributed by atoms with Crippen LogP contribution in [-0.4, -0.2) is 20.8 Å². The number of nitrogens with one attached hydrogen (secondary N) is 1. The summed E-state index contributed by atoms with van der Waals surface area (Å²) >= 11 is 0. The molecule has 0 fully saturated rings. The van der Waals surface area contributed by atoms with Gasteiger partial charge in [-0.2, -0.15) is 0 Å². The van der Waals surface area contributed by atoms with Crippen molar-refractivity contribution >= 4 is 0 Å². The van der Waals surface area contributed by atoms with Crippen molar-refractivity contribution < 1.29 is 9.47 Å². The Balaban J connectivity index is 2.00. The first-order chi connectivity index (χ1) is 9.83. The van der Waals surface area contributed by atoms with Crippen LogP contribution >= 0.6 is 0 Å². The predicted octanol–water partition coefficient (Wildman–Crippen LogP) is 3.04. The molecule has 3 nitrogen and oxygen atoms in total. The molecule has 0 atom stereocenters. The molecular formula is C17H21NO2. The van der Waals surface area contributed by atoms with Crippen LogP contribution in [0.1, 0.15) is 11.1 Å². The van der Waals surface area contributed by atoms with Crippen LogP contribution in [0.5, 0.6) is 11.5 Å². The highest BCUT2D eigenvalue weighted by Gasteiger charge is 2.05. The summed E-state index contributed by atoms with van der Waals surface area (Å²) in [4.78, 5) is 0. The first-order valence-corrected chi connectivity index (χ1v) is 6.81. The molecule has 2 rings (SSSR count). The molecule has 0 saturated carbocycles. The highest BCUT2D eigenvalue weighted by Crippen LogP contribution is 2.25. The molecule has 0 aliphatic rings. The van der Waals surface area contributed by atoms with E-state index in [4.69, 9.17) is 9.47 Å². The molecule has 0 unspecified atom stereocenters. The minimum absolute atomic E-state index is 0.661. The van der Waals surface area contributed by atoms with E-state index in [2.05, 4.69) is 17.4 Å². The first kappa shape index (κ1) is 14.4. The van der Waals surface area contributed by atoms with Crippen molar-refractivity contribution in [1.82, 2.24) is 5.32 Å². The molecule has 0 radical (unpaired) electrons. The van der Waals surface area contributed by atoms with E-state index in [0.717, 1.165) is 30.0 Å². The molecule has 0 aliphatic carbocycles. The largest absolute Gasteiger partial charge is 0.497 e. The average molecular weight is 271 g/mol. The maximum atomic E-state index is 5.92. The minimum atomic E-state index is 0.661. The molecule has 20 heavy (non-hydrogen) atoms. The lowest BCUT2D eigenvalue weighted by atomic mass is 10.1. The second-order valence-electron chi connectivity index (χ2n) is 4.59. The number of benzene rings is 2. The van der Waals surface area contributed by atoms with Gasteiger partial charge in [-0.15, -0.1) is 0 Å². The summed E-state index contributed by atoms with van der Waals surface area (Å²) in [5, 5.41) is 3.15. The fraction of sp³-hybridized carbons (Fsp3) is 0.294. The van der Waals surface area contributed by atoms with Crippen LogP contribution in [0.15, 0.2) is 48.5 Å². The molecule has 0 heterocycles.